The second-order valence-corrected chi connectivity index (χ2v) is 12.1. The number of aromatic nitrogens is 2. The Morgan fingerprint density at radius 2 is 1.81 bits per heavy atom. The zero-order chi connectivity index (χ0) is 25.3. The average Bonchev–Trinajstić information content (AvgIpc) is 3.44. The summed E-state index contributed by atoms with van der Waals surface area (Å²) in [5, 5.41) is 8.54. The summed E-state index contributed by atoms with van der Waals surface area (Å²) in [6.45, 7) is 2.96. The Morgan fingerprint density at radius 1 is 1.00 bits per heavy atom. The van der Waals surface area contributed by atoms with Gasteiger partial charge in [-0.25, -0.2) is 13.1 Å². The summed E-state index contributed by atoms with van der Waals surface area (Å²) >= 11 is 8.02. The highest BCUT2D eigenvalue weighted by Crippen LogP contribution is 2.37. The summed E-state index contributed by atoms with van der Waals surface area (Å²) in [5.41, 5.74) is 2.60. The van der Waals surface area contributed by atoms with Crippen molar-refractivity contribution in [2.45, 2.75) is 11.3 Å². The predicted octanol–water partition coefficient (Wildman–Crippen LogP) is 4.76. The fourth-order valence-electron chi connectivity index (χ4n) is 4.19. The van der Waals surface area contributed by atoms with E-state index in [9.17, 15) is 13.2 Å². The van der Waals surface area contributed by atoms with Crippen LogP contribution >= 0.6 is 22.9 Å². The van der Waals surface area contributed by atoms with Gasteiger partial charge >= 0.3 is 0 Å². The van der Waals surface area contributed by atoms with Gasteiger partial charge in [-0.3, -0.25) is 4.79 Å². The van der Waals surface area contributed by atoms with E-state index in [1.54, 1.807) is 28.9 Å². The molecule has 1 saturated heterocycles. The Hall–Kier alpha value is -2.98. The van der Waals surface area contributed by atoms with Crippen molar-refractivity contribution >= 4 is 38.7 Å². The number of nitrogens with zero attached hydrogens (tertiary/aromatic N) is 3. The molecule has 1 fully saturated rings. The number of para-hydroxylation sites is 1. The number of hydrogen-bond acceptors (Lipinski definition) is 6. The van der Waals surface area contributed by atoms with Gasteiger partial charge in [-0.05, 0) is 61.0 Å². The minimum atomic E-state index is -3.32. The molecule has 0 spiro atoms. The van der Waals surface area contributed by atoms with Crippen LogP contribution in [0, 0.1) is 0 Å². The van der Waals surface area contributed by atoms with E-state index in [4.69, 9.17) is 16.7 Å². The summed E-state index contributed by atoms with van der Waals surface area (Å²) in [6.07, 6.45) is 2.09. The summed E-state index contributed by atoms with van der Waals surface area (Å²) in [7, 11) is -3.32. The summed E-state index contributed by atoms with van der Waals surface area (Å²) < 4.78 is 25.8. The Balaban J connectivity index is 1.57. The number of carbonyl (C=O) groups excluding carboxylic acids is 1. The Bertz CT molecular complexity index is 1520. The smallest absolute Gasteiger partial charge is 0.274 e. The largest absolute Gasteiger partial charge is 0.336 e. The highest BCUT2D eigenvalue weighted by molar-refractivity contribution is 7.90. The molecule has 5 rings (SSSR count). The monoisotopic (exact) mass is 540 g/mol. The third-order valence-corrected chi connectivity index (χ3v) is 8.63. The van der Waals surface area contributed by atoms with Gasteiger partial charge in [0, 0.05) is 30.8 Å². The molecule has 0 radical (unpaired) electrons. The van der Waals surface area contributed by atoms with Crippen LogP contribution in [-0.2, 0) is 9.84 Å². The Morgan fingerprint density at radius 3 is 2.61 bits per heavy atom. The SMILES string of the molecule is CS(=O)(=O)c1cccc(-c2ccc(-c3cc(C(=O)N4CCCNCC4)nn3-c3ccccc3Cl)s2)c1. The van der Waals surface area contributed by atoms with Gasteiger partial charge in [0.05, 0.1) is 26.2 Å². The predicted molar refractivity (Wildman–Crippen MR) is 144 cm³/mol. The lowest BCUT2D eigenvalue weighted by Gasteiger charge is -2.18. The van der Waals surface area contributed by atoms with Gasteiger partial charge in [0.1, 0.15) is 0 Å². The molecule has 1 N–H and O–H groups in total. The maximum atomic E-state index is 13.4. The molecule has 2 aromatic carbocycles. The van der Waals surface area contributed by atoms with Crippen molar-refractivity contribution < 1.29 is 13.2 Å². The lowest BCUT2D eigenvalue weighted by atomic mass is 10.2. The maximum Gasteiger partial charge on any atom is 0.274 e. The van der Waals surface area contributed by atoms with E-state index >= 15 is 0 Å². The minimum absolute atomic E-state index is 0.108. The van der Waals surface area contributed by atoms with Crippen molar-refractivity contribution in [2.75, 3.05) is 32.4 Å². The van der Waals surface area contributed by atoms with Crippen LogP contribution in [0.3, 0.4) is 0 Å². The van der Waals surface area contributed by atoms with Gasteiger partial charge in [0.2, 0.25) is 0 Å². The quantitative estimate of drug-likeness (QED) is 0.394. The van der Waals surface area contributed by atoms with E-state index in [1.807, 2.05) is 47.4 Å². The van der Waals surface area contributed by atoms with Crippen molar-refractivity contribution in [3.63, 3.8) is 0 Å². The summed E-state index contributed by atoms with van der Waals surface area (Å²) in [5.74, 6) is -0.108. The first kappa shape index (κ1) is 24.7. The van der Waals surface area contributed by atoms with Crippen molar-refractivity contribution in [1.82, 2.24) is 20.0 Å². The molecule has 7 nitrogen and oxygen atoms in total. The molecule has 1 aliphatic heterocycles. The first-order valence-corrected chi connectivity index (χ1v) is 14.7. The Kier molecular flexibility index (Phi) is 6.98. The van der Waals surface area contributed by atoms with E-state index in [0.29, 0.717) is 29.5 Å². The number of sulfone groups is 1. The summed E-state index contributed by atoms with van der Waals surface area (Å²) in [6, 6.07) is 20.0. The second kappa shape index (κ2) is 10.2. The van der Waals surface area contributed by atoms with E-state index in [2.05, 4.69) is 5.32 Å². The van der Waals surface area contributed by atoms with Crippen molar-refractivity contribution in [2.24, 2.45) is 0 Å². The molecular formula is C26H25ClN4O3S2. The number of rotatable bonds is 5. The molecular weight excluding hydrogens is 516 g/mol. The van der Waals surface area contributed by atoms with Gasteiger partial charge < -0.3 is 10.2 Å². The molecule has 1 aliphatic rings. The first-order chi connectivity index (χ1) is 17.3. The van der Waals surface area contributed by atoms with Gasteiger partial charge in [-0.2, -0.15) is 5.10 Å². The third kappa shape index (κ3) is 5.10. The van der Waals surface area contributed by atoms with Crippen molar-refractivity contribution in [3.05, 3.63) is 77.4 Å². The standard InChI is InChI=1S/C26H25ClN4O3S2/c1-36(33,34)19-7-4-6-18(16-19)24-10-11-25(35-24)23-17-21(26(32)30-14-5-12-28-13-15-30)29-31(23)22-9-3-2-8-20(22)27/h2-4,6-11,16-17,28H,5,12-15H2,1H3. The number of hydrogen-bond donors (Lipinski definition) is 1. The normalized spacial score (nSPS) is 14.6. The van der Waals surface area contributed by atoms with Gasteiger partial charge in [0.15, 0.2) is 15.5 Å². The minimum Gasteiger partial charge on any atom is -0.336 e. The van der Waals surface area contributed by atoms with Crippen LogP contribution in [0.4, 0.5) is 0 Å². The molecule has 4 aromatic rings. The van der Waals surface area contributed by atoms with Crippen LogP contribution in [0.15, 0.2) is 71.6 Å². The lowest BCUT2D eigenvalue weighted by molar-refractivity contribution is 0.0760. The molecule has 10 heteroatoms. The van der Waals surface area contributed by atoms with Gasteiger partial charge in [-0.15, -0.1) is 11.3 Å². The molecule has 36 heavy (non-hydrogen) atoms. The third-order valence-electron chi connectivity index (χ3n) is 6.04. The number of amides is 1. The topological polar surface area (TPSA) is 84.3 Å². The zero-order valence-electron chi connectivity index (χ0n) is 19.6. The van der Waals surface area contributed by atoms with Crippen LogP contribution in [0.1, 0.15) is 16.9 Å². The molecule has 0 saturated carbocycles. The van der Waals surface area contributed by atoms with Crippen molar-refractivity contribution in [1.29, 1.82) is 0 Å². The average molecular weight is 541 g/mol. The lowest BCUT2D eigenvalue weighted by Crippen LogP contribution is -2.34. The molecule has 0 atom stereocenters. The highest BCUT2D eigenvalue weighted by atomic mass is 35.5. The van der Waals surface area contributed by atoms with Crippen LogP contribution in [0.5, 0.6) is 0 Å². The fourth-order valence-corrected chi connectivity index (χ4v) is 6.08. The number of nitrogens with one attached hydrogen (secondary N) is 1. The summed E-state index contributed by atoms with van der Waals surface area (Å²) in [4.78, 5) is 17.3. The van der Waals surface area contributed by atoms with E-state index < -0.39 is 9.84 Å². The van der Waals surface area contributed by atoms with Crippen molar-refractivity contribution in [3.8, 4) is 26.7 Å². The number of benzene rings is 2. The number of thiophene rings is 1. The van der Waals surface area contributed by atoms with Crippen LogP contribution in [-0.4, -0.2) is 61.4 Å². The molecule has 186 valence electrons. The molecule has 0 bridgehead atoms. The number of carbonyl (C=O) groups is 1. The molecule has 2 aromatic heterocycles. The van der Waals surface area contributed by atoms with Gasteiger partial charge in [0.25, 0.3) is 5.91 Å². The maximum absolute atomic E-state index is 13.4. The first-order valence-electron chi connectivity index (χ1n) is 11.6. The zero-order valence-corrected chi connectivity index (χ0v) is 22.0. The van der Waals surface area contributed by atoms with E-state index in [-0.39, 0.29) is 10.8 Å². The van der Waals surface area contributed by atoms with E-state index in [1.165, 1.54) is 17.6 Å². The number of halogens is 1. The van der Waals surface area contributed by atoms with Crippen LogP contribution in [0.2, 0.25) is 5.02 Å². The fraction of sp³-hybridized carbons (Fsp3) is 0.231. The molecule has 0 unspecified atom stereocenters. The van der Waals surface area contributed by atoms with E-state index in [0.717, 1.165) is 40.5 Å². The molecule has 3 heterocycles. The second-order valence-electron chi connectivity index (χ2n) is 8.64. The molecule has 0 aliphatic carbocycles. The Labute approximate surface area is 219 Å². The molecule has 1 amide bonds. The highest BCUT2D eigenvalue weighted by Gasteiger charge is 2.24. The van der Waals surface area contributed by atoms with Gasteiger partial charge in [-0.1, -0.05) is 35.9 Å². The van der Waals surface area contributed by atoms with Crippen LogP contribution < -0.4 is 5.32 Å². The van der Waals surface area contributed by atoms with Crippen LogP contribution in [0.25, 0.3) is 26.7 Å².